The Morgan fingerprint density at radius 2 is 1.81 bits per heavy atom. The smallest absolute Gasteiger partial charge is 0.339 e. The molecule has 0 amide bonds. The highest BCUT2D eigenvalue weighted by atomic mass is 16.5. The van der Waals surface area contributed by atoms with E-state index in [2.05, 4.69) is 49.5 Å². The van der Waals surface area contributed by atoms with Crippen molar-refractivity contribution < 1.29 is 14.3 Å². The first-order valence-corrected chi connectivity index (χ1v) is 14.5. The van der Waals surface area contributed by atoms with Gasteiger partial charge < -0.3 is 34.9 Å². The van der Waals surface area contributed by atoms with E-state index in [0.29, 0.717) is 34.4 Å². The van der Waals surface area contributed by atoms with Gasteiger partial charge in [0.15, 0.2) is 5.84 Å². The topological polar surface area (TPSA) is 123 Å². The zero-order valence-electron chi connectivity index (χ0n) is 24.5. The number of hydrogen-bond acceptors (Lipinski definition) is 10. The molecular weight excluding hydrogens is 532 g/mol. The predicted molar refractivity (Wildman–Crippen MR) is 166 cm³/mol. The highest BCUT2D eigenvalue weighted by Crippen LogP contribution is 2.38. The number of benzene rings is 2. The number of anilines is 3. The third-order valence-electron chi connectivity index (χ3n) is 8.66. The van der Waals surface area contributed by atoms with Crippen LogP contribution in [-0.2, 0) is 10.5 Å². The van der Waals surface area contributed by atoms with Crippen molar-refractivity contribution in [1.29, 1.82) is 0 Å². The Kier molecular flexibility index (Phi) is 7.80. The first-order chi connectivity index (χ1) is 20.4. The molecule has 3 aromatic rings. The Hall–Kier alpha value is -4.06. The molecular formula is C31H40N8O3. The second-order valence-electron chi connectivity index (χ2n) is 11.2. The Balaban J connectivity index is 1.24. The molecule has 0 aliphatic carbocycles. The molecule has 1 unspecified atom stereocenters. The van der Waals surface area contributed by atoms with Gasteiger partial charge in [0.05, 0.1) is 36.7 Å². The Bertz CT molecular complexity index is 1460. The molecule has 5 N–H and O–H groups in total. The van der Waals surface area contributed by atoms with Crippen molar-refractivity contribution in [3.63, 3.8) is 0 Å². The Morgan fingerprint density at radius 3 is 2.55 bits per heavy atom. The molecule has 222 valence electrons. The summed E-state index contributed by atoms with van der Waals surface area (Å²) in [7, 11) is 5.22. The molecule has 0 bridgehead atoms. The van der Waals surface area contributed by atoms with Gasteiger partial charge in [0.2, 0.25) is 5.79 Å². The first kappa shape index (κ1) is 28.1. The zero-order chi connectivity index (χ0) is 29.3. The molecule has 3 aliphatic heterocycles. The van der Waals surface area contributed by atoms with Crippen molar-refractivity contribution in [2.45, 2.75) is 24.7 Å². The van der Waals surface area contributed by atoms with Gasteiger partial charge in [-0.15, -0.1) is 0 Å². The number of nitrogens with two attached hydrogens (primary N) is 1. The number of ether oxygens (including phenoxy) is 2. The highest BCUT2D eigenvalue weighted by Gasteiger charge is 2.37. The van der Waals surface area contributed by atoms with Gasteiger partial charge in [-0.25, -0.2) is 9.79 Å². The molecule has 0 radical (unpaired) electrons. The number of H-pyrrole nitrogens is 1. The third kappa shape index (κ3) is 5.42. The summed E-state index contributed by atoms with van der Waals surface area (Å²) in [6.45, 7) is 6.62. The normalized spacial score (nSPS) is 21.7. The number of rotatable bonds is 6. The van der Waals surface area contributed by atoms with E-state index < -0.39 is 11.8 Å². The summed E-state index contributed by atoms with van der Waals surface area (Å²) < 4.78 is 10.9. The standard InChI is InChI=1S/C31H40N8O3/c1-37-16-18-39(19-17-37)21-11-14-38(15-12-21)22-8-9-24(27(20-22)41-2)31(32)35-26-10-13-33-28(26)29(36-31)34-25-7-5-4-6-23(25)30(40)42-3/h4-10,13,20-21,33,35H,11-12,14-19,32H2,1-3H3,(H,34,36). The monoisotopic (exact) mass is 572 g/mol. The van der Waals surface area contributed by atoms with Crippen LogP contribution in [0.3, 0.4) is 0 Å². The van der Waals surface area contributed by atoms with Crippen LogP contribution in [-0.4, -0.2) is 93.2 Å². The fourth-order valence-corrected chi connectivity index (χ4v) is 6.23. The lowest BCUT2D eigenvalue weighted by molar-refractivity contribution is 0.0602. The summed E-state index contributed by atoms with van der Waals surface area (Å²) in [5.41, 5.74) is 11.3. The largest absolute Gasteiger partial charge is 0.496 e. The number of esters is 1. The fraction of sp³-hybridized carbons (Fsp3) is 0.419. The van der Waals surface area contributed by atoms with Crippen LogP contribution in [0.1, 0.15) is 34.5 Å². The van der Waals surface area contributed by atoms with Crippen LogP contribution in [0, 0.1) is 0 Å². The summed E-state index contributed by atoms with van der Waals surface area (Å²) in [4.78, 5) is 28.0. The summed E-state index contributed by atoms with van der Waals surface area (Å²) in [5.74, 6) is -0.621. The quantitative estimate of drug-likeness (QED) is 0.330. The number of methoxy groups -OCH3 is 2. The summed E-state index contributed by atoms with van der Waals surface area (Å²) in [5, 5.41) is 6.69. The maximum absolute atomic E-state index is 12.4. The van der Waals surface area contributed by atoms with Crippen molar-refractivity contribution in [3.8, 4) is 5.75 Å². The maximum Gasteiger partial charge on any atom is 0.339 e. The van der Waals surface area contributed by atoms with Gasteiger partial charge in [0.25, 0.3) is 0 Å². The molecule has 11 heteroatoms. The van der Waals surface area contributed by atoms with Crippen LogP contribution in [0.15, 0.2) is 59.7 Å². The number of fused-ring (bicyclic) bond motifs is 1. The lowest BCUT2D eigenvalue weighted by Crippen LogP contribution is -2.52. The van der Waals surface area contributed by atoms with E-state index in [1.807, 2.05) is 24.4 Å². The summed E-state index contributed by atoms with van der Waals surface area (Å²) in [6.07, 6.45) is 4.12. The van der Waals surface area contributed by atoms with Gasteiger partial charge in [-0.1, -0.05) is 12.1 Å². The second-order valence-corrected chi connectivity index (χ2v) is 11.2. The SMILES string of the molecule is COC(=O)c1ccccc1NC1=NC(N)(c2ccc(N3CCC(N4CCN(C)CC4)CC3)cc2OC)Nc2cc[nH]c21. The Labute approximate surface area is 246 Å². The van der Waals surface area contributed by atoms with Crippen LogP contribution in [0.2, 0.25) is 0 Å². The average Bonchev–Trinajstić information content (AvgIpc) is 3.49. The van der Waals surface area contributed by atoms with Gasteiger partial charge in [-0.2, -0.15) is 0 Å². The zero-order valence-corrected chi connectivity index (χ0v) is 24.5. The van der Waals surface area contributed by atoms with Crippen LogP contribution in [0.4, 0.5) is 17.1 Å². The van der Waals surface area contributed by atoms with Crippen molar-refractivity contribution in [2.24, 2.45) is 10.7 Å². The number of carbonyl (C=O) groups is 1. The summed E-state index contributed by atoms with van der Waals surface area (Å²) >= 11 is 0. The minimum Gasteiger partial charge on any atom is -0.496 e. The van der Waals surface area contributed by atoms with Crippen LogP contribution in [0.25, 0.3) is 0 Å². The molecule has 2 fully saturated rings. The molecule has 1 atom stereocenters. The lowest BCUT2D eigenvalue weighted by Gasteiger charge is -2.42. The third-order valence-corrected chi connectivity index (χ3v) is 8.66. The number of aromatic nitrogens is 1. The van der Waals surface area contributed by atoms with E-state index >= 15 is 0 Å². The number of para-hydroxylation sites is 1. The molecule has 2 saturated heterocycles. The van der Waals surface area contributed by atoms with E-state index in [4.69, 9.17) is 20.2 Å². The molecule has 0 saturated carbocycles. The minimum atomic E-state index is -1.32. The number of amidine groups is 1. The van der Waals surface area contributed by atoms with Gasteiger partial charge in [-0.3, -0.25) is 10.6 Å². The van der Waals surface area contributed by atoms with Crippen molar-refractivity contribution in [3.05, 3.63) is 71.5 Å². The van der Waals surface area contributed by atoms with E-state index in [-0.39, 0.29) is 0 Å². The van der Waals surface area contributed by atoms with Crippen molar-refractivity contribution in [2.75, 3.05) is 76.1 Å². The van der Waals surface area contributed by atoms with Crippen LogP contribution < -0.4 is 26.0 Å². The number of carbonyl (C=O) groups excluding carboxylic acids is 1. The summed E-state index contributed by atoms with van der Waals surface area (Å²) in [6, 6.07) is 15.9. The highest BCUT2D eigenvalue weighted by molar-refractivity contribution is 6.13. The Morgan fingerprint density at radius 1 is 1.05 bits per heavy atom. The molecule has 11 nitrogen and oxygen atoms in total. The van der Waals surface area contributed by atoms with E-state index in [0.717, 1.165) is 69.2 Å². The van der Waals surface area contributed by atoms with Crippen LogP contribution >= 0.6 is 0 Å². The van der Waals surface area contributed by atoms with Gasteiger partial charge in [-0.05, 0) is 50.2 Å². The molecule has 3 aliphatic rings. The number of piperazine rings is 1. The number of piperidine rings is 1. The number of hydrogen-bond donors (Lipinski definition) is 4. The minimum absolute atomic E-state index is 0.398. The van der Waals surface area contributed by atoms with Gasteiger partial charge in [0, 0.05) is 63.3 Å². The molecule has 0 spiro atoms. The second kappa shape index (κ2) is 11.7. The molecule has 42 heavy (non-hydrogen) atoms. The molecule has 6 rings (SSSR count). The molecule has 2 aromatic carbocycles. The van der Waals surface area contributed by atoms with Gasteiger partial charge in [0.1, 0.15) is 11.4 Å². The number of nitrogens with one attached hydrogen (secondary N) is 3. The first-order valence-electron chi connectivity index (χ1n) is 14.5. The number of aliphatic imine (C=N–C) groups is 1. The number of likely N-dealkylation sites (N-methyl/N-ethyl adjacent to an activating group) is 1. The van der Waals surface area contributed by atoms with Crippen LogP contribution in [0.5, 0.6) is 5.75 Å². The fourth-order valence-electron chi connectivity index (χ4n) is 6.23. The molecule has 4 heterocycles. The van der Waals surface area contributed by atoms with E-state index in [9.17, 15) is 4.79 Å². The predicted octanol–water partition coefficient (Wildman–Crippen LogP) is 3.08. The van der Waals surface area contributed by atoms with E-state index in [1.54, 1.807) is 25.3 Å². The molecule has 1 aromatic heterocycles. The number of aromatic amines is 1. The maximum atomic E-state index is 12.4. The lowest BCUT2D eigenvalue weighted by atomic mass is 10.00. The van der Waals surface area contributed by atoms with E-state index in [1.165, 1.54) is 7.11 Å². The number of nitrogens with zero attached hydrogens (tertiary/aromatic N) is 4. The van der Waals surface area contributed by atoms with Gasteiger partial charge >= 0.3 is 5.97 Å². The average molecular weight is 573 g/mol. The van der Waals surface area contributed by atoms with Crippen molar-refractivity contribution in [1.82, 2.24) is 14.8 Å². The van der Waals surface area contributed by atoms with Crippen molar-refractivity contribution >= 4 is 28.9 Å².